The van der Waals surface area contributed by atoms with Crippen molar-refractivity contribution < 1.29 is 19.5 Å². The molecule has 106 valence electrons. The molecule has 1 saturated heterocycles. The second-order valence-corrected chi connectivity index (χ2v) is 4.49. The second kappa shape index (κ2) is 6.05. The maximum Gasteiger partial charge on any atom is 0.337 e. The van der Waals surface area contributed by atoms with Gasteiger partial charge in [-0.25, -0.2) is 9.59 Å². The van der Waals surface area contributed by atoms with Gasteiger partial charge < -0.3 is 21.1 Å². The highest BCUT2D eigenvalue weighted by molar-refractivity contribution is 5.99. The summed E-state index contributed by atoms with van der Waals surface area (Å²) in [6.45, 7) is 0.312. The van der Waals surface area contributed by atoms with E-state index in [2.05, 4.69) is 16.0 Å². The fourth-order valence-electron chi connectivity index (χ4n) is 1.99. The summed E-state index contributed by atoms with van der Waals surface area (Å²) in [6, 6.07) is 5.58. The Labute approximate surface area is 115 Å². The first-order valence-corrected chi connectivity index (χ1v) is 6.23. The number of carboxylic acids is 1. The lowest BCUT2D eigenvalue weighted by Gasteiger charge is -2.13. The van der Waals surface area contributed by atoms with Crippen molar-refractivity contribution in [3.05, 3.63) is 29.8 Å². The average Bonchev–Trinajstić information content (AvgIpc) is 2.83. The number of carbonyl (C=O) groups excluding carboxylic acids is 2. The maximum atomic E-state index is 11.7. The first-order valence-electron chi connectivity index (χ1n) is 6.23. The van der Waals surface area contributed by atoms with Crippen LogP contribution in [0.25, 0.3) is 0 Å². The maximum absolute atomic E-state index is 11.7. The van der Waals surface area contributed by atoms with Crippen LogP contribution < -0.4 is 16.0 Å². The van der Waals surface area contributed by atoms with Crippen LogP contribution in [0.1, 0.15) is 23.2 Å². The Morgan fingerprint density at radius 3 is 2.75 bits per heavy atom. The highest BCUT2D eigenvalue weighted by Gasteiger charge is 2.21. The van der Waals surface area contributed by atoms with Gasteiger partial charge in [0, 0.05) is 19.0 Å². The number of benzene rings is 1. The highest BCUT2D eigenvalue weighted by atomic mass is 16.4. The van der Waals surface area contributed by atoms with Crippen molar-refractivity contribution in [2.24, 2.45) is 0 Å². The molecule has 20 heavy (non-hydrogen) atoms. The summed E-state index contributed by atoms with van der Waals surface area (Å²) in [5.74, 6) is -1.13. The molecule has 0 radical (unpaired) electrons. The summed E-state index contributed by atoms with van der Waals surface area (Å²) in [7, 11) is 0. The van der Waals surface area contributed by atoms with Gasteiger partial charge in [0.05, 0.1) is 11.3 Å². The number of anilines is 1. The number of aromatic carboxylic acids is 1. The SMILES string of the molecule is O=C1CCC(CNC(=O)Nc2ccccc2C(=O)O)N1. The van der Waals surface area contributed by atoms with E-state index in [4.69, 9.17) is 5.11 Å². The van der Waals surface area contributed by atoms with Gasteiger partial charge in [0.15, 0.2) is 0 Å². The lowest BCUT2D eigenvalue weighted by molar-refractivity contribution is -0.119. The summed E-state index contributed by atoms with van der Waals surface area (Å²) >= 11 is 0. The van der Waals surface area contributed by atoms with Gasteiger partial charge in [-0.05, 0) is 18.6 Å². The van der Waals surface area contributed by atoms with Crippen molar-refractivity contribution in [1.82, 2.24) is 10.6 Å². The number of carbonyl (C=O) groups is 3. The largest absolute Gasteiger partial charge is 0.478 e. The van der Waals surface area contributed by atoms with Gasteiger partial charge in [0.25, 0.3) is 0 Å². The molecular weight excluding hydrogens is 262 g/mol. The minimum absolute atomic E-state index is 0.0200. The smallest absolute Gasteiger partial charge is 0.337 e. The number of nitrogens with one attached hydrogen (secondary N) is 3. The van der Waals surface area contributed by atoms with Gasteiger partial charge in [0.1, 0.15) is 0 Å². The fourth-order valence-corrected chi connectivity index (χ4v) is 1.99. The van der Waals surface area contributed by atoms with Crippen LogP contribution in [0.2, 0.25) is 0 Å². The van der Waals surface area contributed by atoms with Crippen LogP contribution in [0.15, 0.2) is 24.3 Å². The van der Waals surface area contributed by atoms with E-state index in [9.17, 15) is 14.4 Å². The summed E-state index contributed by atoms with van der Waals surface area (Å²) < 4.78 is 0. The van der Waals surface area contributed by atoms with E-state index >= 15 is 0 Å². The van der Waals surface area contributed by atoms with Crippen LogP contribution in [0, 0.1) is 0 Å². The van der Waals surface area contributed by atoms with Crippen LogP contribution in [-0.2, 0) is 4.79 Å². The van der Waals surface area contributed by atoms with Crippen LogP contribution in [0.4, 0.5) is 10.5 Å². The molecule has 1 atom stereocenters. The lowest BCUT2D eigenvalue weighted by Crippen LogP contribution is -2.40. The van der Waals surface area contributed by atoms with E-state index < -0.39 is 12.0 Å². The Balaban J connectivity index is 1.88. The molecule has 1 aliphatic heterocycles. The Kier molecular flexibility index (Phi) is 4.19. The summed E-state index contributed by atoms with van der Waals surface area (Å²) in [6.07, 6.45) is 1.15. The number of amides is 3. The van der Waals surface area contributed by atoms with E-state index in [0.29, 0.717) is 19.4 Å². The third-order valence-corrected chi connectivity index (χ3v) is 3.00. The topological polar surface area (TPSA) is 108 Å². The predicted octanol–water partition coefficient (Wildman–Crippen LogP) is 0.785. The Bertz CT molecular complexity index is 544. The summed E-state index contributed by atoms with van der Waals surface area (Å²) in [4.78, 5) is 33.7. The van der Waals surface area contributed by atoms with E-state index in [0.717, 1.165) is 0 Å². The molecule has 1 aromatic rings. The Hall–Kier alpha value is -2.57. The third kappa shape index (κ3) is 3.47. The third-order valence-electron chi connectivity index (χ3n) is 3.00. The van der Waals surface area contributed by atoms with Gasteiger partial charge in [0.2, 0.25) is 5.91 Å². The van der Waals surface area contributed by atoms with Crippen LogP contribution >= 0.6 is 0 Å². The first kappa shape index (κ1) is 13.9. The Morgan fingerprint density at radius 1 is 1.35 bits per heavy atom. The molecule has 1 unspecified atom stereocenters. The van der Waals surface area contributed by atoms with Gasteiger partial charge in [-0.15, -0.1) is 0 Å². The molecule has 1 aliphatic rings. The number of para-hydroxylation sites is 1. The molecule has 0 spiro atoms. The molecule has 7 nitrogen and oxygen atoms in total. The van der Waals surface area contributed by atoms with E-state index in [-0.39, 0.29) is 23.2 Å². The van der Waals surface area contributed by atoms with Crippen molar-refractivity contribution in [2.45, 2.75) is 18.9 Å². The number of carboxylic acid groups (broad SMARTS) is 1. The molecule has 0 bridgehead atoms. The quantitative estimate of drug-likeness (QED) is 0.652. The zero-order chi connectivity index (χ0) is 14.5. The fraction of sp³-hybridized carbons (Fsp3) is 0.308. The number of hydrogen-bond donors (Lipinski definition) is 4. The van der Waals surface area contributed by atoms with Crippen LogP contribution in [0.3, 0.4) is 0 Å². The number of hydrogen-bond acceptors (Lipinski definition) is 3. The van der Waals surface area contributed by atoms with Crippen molar-refractivity contribution in [2.75, 3.05) is 11.9 Å². The minimum Gasteiger partial charge on any atom is -0.478 e. The molecule has 1 heterocycles. The highest BCUT2D eigenvalue weighted by Crippen LogP contribution is 2.14. The number of rotatable bonds is 4. The molecule has 0 aromatic heterocycles. The van der Waals surface area contributed by atoms with Crippen molar-refractivity contribution >= 4 is 23.6 Å². The first-order chi connectivity index (χ1) is 9.56. The van der Waals surface area contributed by atoms with Gasteiger partial charge in [-0.3, -0.25) is 4.79 Å². The average molecular weight is 277 g/mol. The van der Waals surface area contributed by atoms with E-state index in [1.807, 2.05) is 0 Å². The van der Waals surface area contributed by atoms with Crippen molar-refractivity contribution in [3.8, 4) is 0 Å². The molecule has 1 fully saturated rings. The molecule has 3 amide bonds. The van der Waals surface area contributed by atoms with E-state index in [1.54, 1.807) is 12.1 Å². The van der Waals surface area contributed by atoms with Gasteiger partial charge >= 0.3 is 12.0 Å². The summed E-state index contributed by atoms with van der Waals surface area (Å²) in [5, 5.41) is 16.8. The zero-order valence-electron chi connectivity index (χ0n) is 10.7. The Morgan fingerprint density at radius 2 is 2.10 bits per heavy atom. The van der Waals surface area contributed by atoms with Gasteiger partial charge in [-0.1, -0.05) is 12.1 Å². The molecule has 2 rings (SSSR count). The molecule has 1 aromatic carbocycles. The van der Waals surface area contributed by atoms with Crippen LogP contribution in [0.5, 0.6) is 0 Å². The molecular formula is C13H15N3O4. The monoisotopic (exact) mass is 277 g/mol. The van der Waals surface area contributed by atoms with Crippen molar-refractivity contribution in [3.63, 3.8) is 0 Å². The standard InChI is InChI=1S/C13H15N3O4/c17-11-6-5-8(15-11)7-14-13(20)16-10-4-2-1-3-9(10)12(18)19/h1-4,8H,5-7H2,(H,15,17)(H,18,19)(H2,14,16,20). The van der Waals surface area contributed by atoms with E-state index in [1.165, 1.54) is 12.1 Å². The normalized spacial score (nSPS) is 17.4. The zero-order valence-corrected chi connectivity index (χ0v) is 10.7. The second-order valence-electron chi connectivity index (χ2n) is 4.49. The minimum atomic E-state index is -1.11. The molecule has 0 aliphatic carbocycles. The molecule has 7 heteroatoms. The lowest BCUT2D eigenvalue weighted by atomic mass is 10.2. The van der Waals surface area contributed by atoms with Gasteiger partial charge in [-0.2, -0.15) is 0 Å². The molecule has 0 saturated carbocycles. The summed E-state index contributed by atoms with van der Waals surface area (Å²) in [5.41, 5.74) is 0.254. The predicted molar refractivity (Wildman–Crippen MR) is 71.6 cm³/mol. The van der Waals surface area contributed by atoms with Crippen molar-refractivity contribution in [1.29, 1.82) is 0 Å². The number of urea groups is 1. The molecule has 4 N–H and O–H groups in total. The van der Waals surface area contributed by atoms with Crippen LogP contribution in [-0.4, -0.2) is 35.6 Å².